The van der Waals surface area contributed by atoms with Crippen LogP contribution in [0.15, 0.2) is 29.4 Å². The van der Waals surface area contributed by atoms with Crippen molar-refractivity contribution < 1.29 is 4.84 Å². The largest absolute Gasteiger partial charge is 0.386 e. The van der Waals surface area contributed by atoms with E-state index >= 15 is 0 Å². The Labute approximate surface area is 140 Å². The molecule has 1 atom stereocenters. The minimum absolute atomic E-state index is 0.0670. The maximum Gasteiger partial charge on any atom is 0.160 e. The molecule has 1 N–H and O–H groups in total. The predicted octanol–water partition coefficient (Wildman–Crippen LogP) is 3.82. The van der Waals surface area contributed by atoms with Gasteiger partial charge in [-0.3, -0.25) is 4.90 Å². The summed E-state index contributed by atoms with van der Waals surface area (Å²) >= 11 is 1.84. The topological polar surface area (TPSA) is 36.9 Å². The predicted molar refractivity (Wildman–Crippen MR) is 95.2 cm³/mol. The average Bonchev–Trinajstić information content (AvgIpc) is 3.11. The quantitative estimate of drug-likeness (QED) is 0.865. The fourth-order valence-electron chi connectivity index (χ4n) is 4.40. The molecule has 5 heterocycles. The monoisotopic (exact) mass is 327 g/mol. The number of nitrogens with one attached hydrogen (secondary N) is 1. The summed E-state index contributed by atoms with van der Waals surface area (Å²) in [4.78, 5) is 9.86. The fraction of sp³-hybridized carbons (Fsp3) is 0.500. The van der Waals surface area contributed by atoms with Crippen molar-refractivity contribution in [3.8, 4) is 0 Å². The van der Waals surface area contributed by atoms with E-state index in [0.29, 0.717) is 5.92 Å². The van der Waals surface area contributed by atoms with Crippen molar-refractivity contribution in [1.82, 2.24) is 4.90 Å². The maximum atomic E-state index is 5.98. The number of anilines is 1. The van der Waals surface area contributed by atoms with E-state index in [4.69, 9.17) is 4.84 Å². The van der Waals surface area contributed by atoms with Gasteiger partial charge in [-0.25, -0.2) is 0 Å². The summed E-state index contributed by atoms with van der Waals surface area (Å²) in [5.41, 5.74) is 1.04. The third kappa shape index (κ3) is 2.25. The zero-order chi connectivity index (χ0) is 15.4. The van der Waals surface area contributed by atoms with Crippen molar-refractivity contribution in [2.75, 3.05) is 25.0 Å². The van der Waals surface area contributed by atoms with Gasteiger partial charge in [0.05, 0.1) is 6.42 Å². The number of hydrogen-bond acceptors (Lipinski definition) is 5. The number of fused-ring (bicyclic) bond motifs is 3. The normalized spacial score (nSPS) is 32.3. The Hall–Kier alpha value is -1.59. The van der Waals surface area contributed by atoms with Gasteiger partial charge in [0.2, 0.25) is 0 Å². The van der Waals surface area contributed by atoms with E-state index in [0.717, 1.165) is 24.5 Å². The summed E-state index contributed by atoms with van der Waals surface area (Å²) < 4.78 is 1.32. The van der Waals surface area contributed by atoms with E-state index in [1.807, 2.05) is 11.3 Å². The lowest BCUT2D eigenvalue weighted by Gasteiger charge is -2.49. The van der Waals surface area contributed by atoms with Crippen molar-refractivity contribution >= 4 is 32.9 Å². The second-order valence-corrected chi connectivity index (χ2v) is 8.44. The van der Waals surface area contributed by atoms with Gasteiger partial charge in [-0.05, 0) is 56.4 Å². The molecule has 4 nitrogen and oxygen atoms in total. The molecule has 0 radical (unpaired) electrons. The van der Waals surface area contributed by atoms with Crippen molar-refractivity contribution in [1.29, 1.82) is 0 Å². The van der Waals surface area contributed by atoms with Crippen molar-refractivity contribution in [2.45, 2.75) is 31.8 Å². The van der Waals surface area contributed by atoms with Crippen LogP contribution in [0.2, 0.25) is 0 Å². The van der Waals surface area contributed by atoms with E-state index in [1.54, 1.807) is 0 Å². The number of piperidine rings is 3. The van der Waals surface area contributed by atoms with Crippen LogP contribution in [0, 0.1) is 12.8 Å². The summed E-state index contributed by atoms with van der Waals surface area (Å²) in [6.07, 6.45) is 3.42. The van der Waals surface area contributed by atoms with Gasteiger partial charge in [-0.15, -0.1) is 11.3 Å². The second kappa shape index (κ2) is 4.95. The molecule has 4 aliphatic rings. The smallest absolute Gasteiger partial charge is 0.160 e. The lowest BCUT2D eigenvalue weighted by Crippen LogP contribution is -2.59. The first-order chi connectivity index (χ1) is 11.2. The number of hydrogen-bond donors (Lipinski definition) is 1. The first kappa shape index (κ1) is 13.8. The molecule has 0 aliphatic carbocycles. The highest BCUT2D eigenvalue weighted by molar-refractivity contribution is 7.19. The summed E-state index contributed by atoms with van der Waals surface area (Å²) in [6.45, 7) is 5.65. The highest BCUT2D eigenvalue weighted by atomic mass is 32.1. The van der Waals surface area contributed by atoms with Crippen LogP contribution < -0.4 is 5.32 Å². The van der Waals surface area contributed by atoms with E-state index in [9.17, 15) is 0 Å². The Kier molecular flexibility index (Phi) is 2.97. The zero-order valence-corrected chi connectivity index (χ0v) is 14.2. The number of amidine groups is 1. The molecule has 4 aliphatic heterocycles. The Morgan fingerprint density at radius 1 is 1.30 bits per heavy atom. The van der Waals surface area contributed by atoms with Crippen LogP contribution in [0.3, 0.4) is 0 Å². The first-order valence-electron chi connectivity index (χ1n) is 8.45. The SMILES string of the molecule is Cc1cc2ccc(NC3=NO[C@@]4(C3)CN3CCC4CC3)cc2s1. The first-order valence-corrected chi connectivity index (χ1v) is 9.26. The summed E-state index contributed by atoms with van der Waals surface area (Å²) in [7, 11) is 0. The number of nitrogens with zero attached hydrogens (tertiary/aromatic N) is 2. The molecule has 1 spiro atoms. The molecule has 3 saturated heterocycles. The van der Waals surface area contributed by atoms with E-state index < -0.39 is 0 Å². The molecule has 6 rings (SSSR count). The molecule has 120 valence electrons. The van der Waals surface area contributed by atoms with Gasteiger partial charge in [0.15, 0.2) is 11.4 Å². The number of rotatable bonds is 1. The van der Waals surface area contributed by atoms with Gasteiger partial charge in [-0.1, -0.05) is 11.2 Å². The van der Waals surface area contributed by atoms with E-state index in [2.05, 4.69) is 46.6 Å². The van der Waals surface area contributed by atoms with Gasteiger partial charge in [0.25, 0.3) is 0 Å². The highest BCUT2D eigenvalue weighted by Crippen LogP contribution is 2.43. The lowest BCUT2D eigenvalue weighted by molar-refractivity contribution is -0.136. The standard InChI is InChI=1S/C18H21N3OS/c1-12-8-13-2-3-15(9-16(13)23-12)19-17-10-18(22-20-17)11-21-6-4-14(18)5-7-21/h2-3,8-9,14H,4-7,10-11H2,1H3,(H,19,20)/t18-/m0/s1. The molecule has 0 saturated carbocycles. The lowest BCUT2D eigenvalue weighted by atomic mass is 9.73. The Bertz CT molecular complexity index is 791. The second-order valence-electron chi connectivity index (χ2n) is 7.16. The Balaban J connectivity index is 1.35. The molecular formula is C18H21N3OS. The van der Waals surface area contributed by atoms with Crippen LogP contribution in [-0.4, -0.2) is 36.0 Å². The van der Waals surface area contributed by atoms with Crippen molar-refractivity contribution in [3.05, 3.63) is 29.1 Å². The molecule has 23 heavy (non-hydrogen) atoms. The maximum absolute atomic E-state index is 5.98. The van der Waals surface area contributed by atoms with Crippen molar-refractivity contribution in [2.24, 2.45) is 11.1 Å². The van der Waals surface area contributed by atoms with E-state index in [-0.39, 0.29) is 5.60 Å². The van der Waals surface area contributed by atoms with Gasteiger partial charge in [-0.2, -0.15) is 0 Å². The average molecular weight is 327 g/mol. The fourth-order valence-corrected chi connectivity index (χ4v) is 5.36. The minimum atomic E-state index is -0.0670. The number of thiophene rings is 1. The third-order valence-electron chi connectivity index (χ3n) is 5.56. The molecule has 5 heteroatoms. The molecule has 2 bridgehead atoms. The number of aryl methyl sites for hydroxylation is 1. The Morgan fingerprint density at radius 2 is 2.17 bits per heavy atom. The Morgan fingerprint density at radius 3 is 2.96 bits per heavy atom. The van der Waals surface area contributed by atoms with Crippen LogP contribution in [0.1, 0.15) is 24.1 Å². The summed E-state index contributed by atoms with van der Waals surface area (Å²) in [5.74, 6) is 1.64. The summed E-state index contributed by atoms with van der Waals surface area (Å²) in [5, 5.41) is 9.20. The van der Waals surface area contributed by atoms with Crippen LogP contribution in [0.4, 0.5) is 5.69 Å². The van der Waals surface area contributed by atoms with Crippen LogP contribution >= 0.6 is 11.3 Å². The molecule has 1 aromatic heterocycles. The van der Waals surface area contributed by atoms with Crippen molar-refractivity contribution in [3.63, 3.8) is 0 Å². The van der Waals surface area contributed by atoms with Crippen LogP contribution in [-0.2, 0) is 4.84 Å². The molecule has 0 amide bonds. The van der Waals surface area contributed by atoms with E-state index in [1.165, 1.54) is 40.9 Å². The molecule has 2 aromatic rings. The molecule has 3 fully saturated rings. The number of oxime groups is 1. The van der Waals surface area contributed by atoms with Crippen LogP contribution in [0.5, 0.6) is 0 Å². The van der Waals surface area contributed by atoms with Crippen LogP contribution in [0.25, 0.3) is 10.1 Å². The third-order valence-corrected chi connectivity index (χ3v) is 6.57. The van der Waals surface area contributed by atoms with Gasteiger partial charge in [0.1, 0.15) is 0 Å². The molecule has 0 unspecified atom stereocenters. The van der Waals surface area contributed by atoms with Gasteiger partial charge in [0, 0.05) is 27.7 Å². The highest BCUT2D eigenvalue weighted by Gasteiger charge is 2.52. The van der Waals surface area contributed by atoms with Gasteiger partial charge >= 0.3 is 0 Å². The minimum Gasteiger partial charge on any atom is -0.386 e. The summed E-state index contributed by atoms with van der Waals surface area (Å²) in [6, 6.07) is 8.78. The zero-order valence-electron chi connectivity index (χ0n) is 13.3. The molecule has 1 aromatic carbocycles. The molecular weight excluding hydrogens is 306 g/mol. The van der Waals surface area contributed by atoms with Gasteiger partial charge < -0.3 is 10.2 Å². The number of benzene rings is 1.